The highest BCUT2D eigenvalue weighted by Crippen LogP contribution is 2.13. The maximum Gasteiger partial charge on any atom is 0.257 e. The summed E-state index contributed by atoms with van der Waals surface area (Å²) in [4.78, 5) is 24.6. The Hall–Kier alpha value is -2.76. The third kappa shape index (κ3) is 4.86. The van der Waals surface area contributed by atoms with Gasteiger partial charge in [0, 0.05) is 6.54 Å². The minimum Gasteiger partial charge on any atom is -0.350 e. The molecule has 6 heteroatoms. The maximum absolute atomic E-state index is 13.7. The van der Waals surface area contributed by atoms with Gasteiger partial charge in [0.2, 0.25) is 5.91 Å². The molecule has 0 aromatic heterocycles. The normalized spacial score (nSPS) is 11.9. The monoisotopic (exact) mass is 346 g/mol. The van der Waals surface area contributed by atoms with E-state index in [0.717, 1.165) is 17.7 Å². The third-order valence-corrected chi connectivity index (χ3v) is 3.74. The summed E-state index contributed by atoms with van der Waals surface area (Å²) < 4.78 is 27.4. The topological polar surface area (TPSA) is 58.2 Å². The molecule has 0 saturated heterocycles. The molecule has 0 heterocycles. The molecule has 2 rings (SSSR count). The van der Waals surface area contributed by atoms with Gasteiger partial charge in [0.05, 0.1) is 0 Å². The van der Waals surface area contributed by atoms with Crippen LogP contribution in [0.3, 0.4) is 0 Å². The van der Waals surface area contributed by atoms with Gasteiger partial charge in [-0.05, 0) is 23.6 Å². The van der Waals surface area contributed by atoms with Gasteiger partial charge in [0.15, 0.2) is 0 Å². The lowest BCUT2D eigenvalue weighted by Gasteiger charge is -2.22. The lowest BCUT2D eigenvalue weighted by atomic mass is 10.0. The van der Waals surface area contributed by atoms with Crippen LogP contribution in [0, 0.1) is 17.6 Å². The average molecular weight is 346 g/mol. The summed E-state index contributed by atoms with van der Waals surface area (Å²) in [6.45, 7) is 3.78. The molecule has 2 N–H and O–H groups in total. The molecule has 0 aliphatic rings. The summed E-state index contributed by atoms with van der Waals surface area (Å²) in [5, 5.41) is 5.14. The van der Waals surface area contributed by atoms with Crippen LogP contribution in [0.2, 0.25) is 0 Å². The van der Waals surface area contributed by atoms with Crippen molar-refractivity contribution < 1.29 is 18.4 Å². The van der Waals surface area contributed by atoms with Crippen LogP contribution in [0.1, 0.15) is 29.8 Å². The number of halogens is 2. The Bertz CT molecular complexity index is 728. The van der Waals surface area contributed by atoms with Gasteiger partial charge in [-0.1, -0.05) is 50.2 Å². The Morgan fingerprint density at radius 1 is 0.960 bits per heavy atom. The third-order valence-electron chi connectivity index (χ3n) is 3.74. The van der Waals surface area contributed by atoms with Crippen LogP contribution >= 0.6 is 0 Å². The van der Waals surface area contributed by atoms with Gasteiger partial charge in [-0.15, -0.1) is 0 Å². The van der Waals surface area contributed by atoms with E-state index in [1.807, 2.05) is 30.3 Å². The molecule has 1 atom stereocenters. The molecule has 0 saturated carbocycles. The molecule has 132 valence electrons. The number of hydrogen-bond donors (Lipinski definition) is 2. The van der Waals surface area contributed by atoms with Crippen molar-refractivity contribution in [3.8, 4) is 0 Å². The first-order valence-electron chi connectivity index (χ1n) is 7.96. The molecule has 25 heavy (non-hydrogen) atoms. The Morgan fingerprint density at radius 2 is 1.56 bits per heavy atom. The lowest BCUT2D eigenvalue weighted by molar-refractivity contribution is -0.124. The predicted octanol–water partition coefficient (Wildman–Crippen LogP) is 3.04. The maximum atomic E-state index is 13.7. The van der Waals surface area contributed by atoms with Crippen molar-refractivity contribution >= 4 is 11.8 Å². The van der Waals surface area contributed by atoms with E-state index in [1.54, 1.807) is 13.8 Å². The van der Waals surface area contributed by atoms with E-state index in [1.165, 1.54) is 6.07 Å². The smallest absolute Gasteiger partial charge is 0.257 e. The number of benzene rings is 2. The molecular weight excluding hydrogens is 326 g/mol. The van der Waals surface area contributed by atoms with Crippen molar-refractivity contribution in [2.75, 3.05) is 0 Å². The average Bonchev–Trinajstić information content (AvgIpc) is 2.58. The fraction of sp³-hybridized carbons (Fsp3) is 0.263. The van der Waals surface area contributed by atoms with Crippen LogP contribution in [-0.2, 0) is 11.3 Å². The molecule has 2 aromatic carbocycles. The van der Waals surface area contributed by atoms with Gasteiger partial charge < -0.3 is 10.6 Å². The SMILES string of the molecule is CC(C)[C@H](NC(=O)c1c(F)cccc1F)C(=O)NCc1ccccc1. The van der Waals surface area contributed by atoms with Gasteiger partial charge >= 0.3 is 0 Å². The quantitative estimate of drug-likeness (QED) is 0.845. The number of nitrogens with one attached hydrogen (secondary N) is 2. The van der Waals surface area contributed by atoms with Crippen molar-refractivity contribution in [2.45, 2.75) is 26.4 Å². The fourth-order valence-electron chi connectivity index (χ4n) is 2.36. The zero-order chi connectivity index (χ0) is 18.4. The Balaban J connectivity index is 2.07. The summed E-state index contributed by atoms with van der Waals surface area (Å²) in [5.41, 5.74) is 0.217. The number of hydrogen-bond acceptors (Lipinski definition) is 2. The Labute approximate surface area is 145 Å². The van der Waals surface area contributed by atoms with Crippen LogP contribution in [0.4, 0.5) is 8.78 Å². The largest absolute Gasteiger partial charge is 0.350 e. The molecule has 0 aliphatic carbocycles. The number of amides is 2. The zero-order valence-electron chi connectivity index (χ0n) is 14.1. The fourth-order valence-corrected chi connectivity index (χ4v) is 2.36. The summed E-state index contributed by atoms with van der Waals surface area (Å²) in [6, 6.07) is 11.6. The molecule has 0 unspecified atom stereocenters. The van der Waals surface area contributed by atoms with E-state index >= 15 is 0 Å². The standard InChI is InChI=1S/C19H20F2N2O2/c1-12(2)17(19(25)22-11-13-7-4-3-5-8-13)23-18(24)16-14(20)9-6-10-15(16)21/h3-10,12,17H,11H2,1-2H3,(H,22,25)(H,23,24)/t17-/m0/s1. The van der Waals surface area contributed by atoms with Crippen LogP contribution in [0.5, 0.6) is 0 Å². The number of carbonyl (C=O) groups is 2. The summed E-state index contributed by atoms with van der Waals surface area (Å²) in [6.07, 6.45) is 0. The number of carbonyl (C=O) groups excluding carboxylic acids is 2. The molecule has 0 spiro atoms. The molecule has 4 nitrogen and oxygen atoms in total. The molecule has 0 bridgehead atoms. The van der Waals surface area contributed by atoms with Crippen LogP contribution in [-0.4, -0.2) is 17.9 Å². The highest BCUT2D eigenvalue weighted by atomic mass is 19.1. The second-order valence-corrected chi connectivity index (χ2v) is 6.00. The highest BCUT2D eigenvalue weighted by Gasteiger charge is 2.27. The van der Waals surface area contributed by atoms with Gasteiger partial charge in [-0.2, -0.15) is 0 Å². The van der Waals surface area contributed by atoms with E-state index in [4.69, 9.17) is 0 Å². The van der Waals surface area contributed by atoms with E-state index < -0.39 is 35.1 Å². The van der Waals surface area contributed by atoms with E-state index in [2.05, 4.69) is 10.6 Å². The van der Waals surface area contributed by atoms with Crippen LogP contribution in [0.25, 0.3) is 0 Å². The summed E-state index contributed by atoms with van der Waals surface area (Å²) >= 11 is 0. The van der Waals surface area contributed by atoms with E-state index in [0.29, 0.717) is 6.54 Å². The van der Waals surface area contributed by atoms with Gasteiger partial charge in [-0.25, -0.2) is 8.78 Å². The summed E-state index contributed by atoms with van der Waals surface area (Å²) in [5.74, 6) is -3.56. The first kappa shape index (κ1) is 18.6. The van der Waals surface area contributed by atoms with Crippen molar-refractivity contribution in [1.82, 2.24) is 10.6 Å². The van der Waals surface area contributed by atoms with Crippen molar-refractivity contribution in [3.63, 3.8) is 0 Å². The molecular formula is C19H20F2N2O2. The molecule has 0 fully saturated rings. The van der Waals surface area contributed by atoms with Crippen LogP contribution < -0.4 is 10.6 Å². The van der Waals surface area contributed by atoms with E-state index in [-0.39, 0.29) is 5.92 Å². The highest BCUT2D eigenvalue weighted by molar-refractivity contribution is 5.98. The Kier molecular flexibility index (Phi) is 6.22. The predicted molar refractivity (Wildman–Crippen MR) is 90.7 cm³/mol. The minimum atomic E-state index is -0.968. The zero-order valence-corrected chi connectivity index (χ0v) is 14.1. The second-order valence-electron chi connectivity index (χ2n) is 6.00. The number of rotatable bonds is 6. The van der Waals surface area contributed by atoms with Crippen LogP contribution in [0.15, 0.2) is 48.5 Å². The van der Waals surface area contributed by atoms with Crippen molar-refractivity contribution in [3.05, 3.63) is 71.3 Å². The van der Waals surface area contributed by atoms with Gasteiger partial charge in [-0.3, -0.25) is 9.59 Å². The summed E-state index contributed by atoms with van der Waals surface area (Å²) in [7, 11) is 0. The van der Waals surface area contributed by atoms with Crippen molar-refractivity contribution in [2.24, 2.45) is 5.92 Å². The molecule has 2 aromatic rings. The van der Waals surface area contributed by atoms with Gasteiger partial charge in [0.25, 0.3) is 5.91 Å². The lowest BCUT2D eigenvalue weighted by Crippen LogP contribution is -2.49. The van der Waals surface area contributed by atoms with Gasteiger partial charge in [0.1, 0.15) is 23.2 Å². The Morgan fingerprint density at radius 3 is 2.12 bits per heavy atom. The molecule has 0 radical (unpaired) electrons. The first-order chi connectivity index (χ1) is 11.9. The molecule has 2 amide bonds. The first-order valence-corrected chi connectivity index (χ1v) is 7.96. The second kappa shape index (κ2) is 8.37. The van der Waals surface area contributed by atoms with E-state index in [9.17, 15) is 18.4 Å². The van der Waals surface area contributed by atoms with Crippen molar-refractivity contribution in [1.29, 1.82) is 0 Å². The minimum absolute atomic E-state index is 0.255. The molecule has 0 aliphatic heterocycles.